The fraction of sp³-hybridized carbons (Fsp3) is 0.308. The first-order valence-corrected chi connectivity index (χ1v) is 12.3. The maximum atomic E-state index is 12.7. The molecule has 1 aromatic heterocycles. The topological polar surface area (TPSA) is 109 Å². The van der Waals surface area contributed by atoms with Crippen molar-refractivity contribution in [2.45, 2.75) is 31.7 Å². The number of nitrogens with zero attached hydrogens (tertiary/aromatic N) is 2. The monoisotopic (exact) mass is 491 g/mol. The third kappa shape index (κ3) is 4.39. The Morgan fingerprint density at radius 1 is 1.11 bits per heavy atom. The lowest BCUT2D eigenvalue weighted by molar-refractivity contribution is -0.146. The first kappa shape index (κ1) is 23.0. The van der Waals surface area contributed by atoms with Crippen LogP contribution in [0.4, 0.5) is 4.79 Å². The highest BCUT2D eigenvalue weighted by Gasteiger charge is 2.39. The zero-order chi connectivity index (χ0) is 24.5. The summed E-state index contributed by atoms with van der Waals surface area (Å²) in [6, 6.07) is 15.6. The number of carbonyl (C=O) groups excluding carboxylic acids is 2. The molecule has 1 aliphatic heterocycles. The molecule has 2 aromatic carbocycles. The van der Waals surface area contributed by atoms with Crippen LogP contribution in [0.25, 0.3) is 11.1 Å². The number of aromatic nitrogens is 1. The molecular formula is C26H25N3O5S. The van der Waals surface area contributed by atoms with Gasteiger partial charge in [-0.2, -0.15) is 0 Å². The molecule has 9 heteroatoms. The highest BCUT2D eigenvalue weighted by molar-refractivity contribution is 7.11. The van der Waals surface area contributed by atoms with Gasteiger partial charge in [0.1, 0.15) is 18.3 Å². The number of fused-ring (bicyclic) bond motifs is 3. The van der Waals surface area contributed by atoms with Gasteiger partial charge in [-0.25, -0.2) is 14.6 Å². The Morgan fingerprint density at radius 2 is 1.77 bits per heavy atom. The summed E-state index contributed by atoms with van der Waals surface area (Å²) < 4.78 is 5.55. The van der Waals surface area contributed by atoms with E-state index >= 15 is 0 Å². The summed E-state index contributed by atoms with van der Waals surface area (Å²) in [5, 5.41) is 12.7. The molecule has 1 unspecified atom stereocenters. The van der Waals surface area contributed by atoms with Crippen LogP contribution in [0.2, 0.25) is 0 Å². The zero-order valence-corrected chi connectivity index (χ0v) is 20.0. The van der Waals surface area contributed by atoms with E-state index in [0.29, 0.717) is 30.9 Å². The maximum absolute atomic E-state index is 12.7. The number of aliphatic carboxylic acids is 1. The van der Waals surface area contributed by atoms with E-state index in [-0.39, 0.29) is 24.1 Å². The molecule has 0 radical (unpaired) electrons. The number of hydrogen-bond acceptors (Lipinski definition) is 6. The molecule has 1 aliphatic carbocycles. The minimum atomic E-state index is -0.995. The second-order valence-electron chi connectivity index (χ2n) is 8.66. The minimum Gasteiger partial charge on any atom is -0.480 e. The quantitative estimate of drug-likeness (QED) is 0.520. The largest absolute Gasteiger partial charge is 0.480 e. The van der Waals surface area contributed by atoms with Gasteiger partial charge in [0.05, 0.1) is 5.01 Å². The molecule has 1 fully saturated rings. The lowest BCUT2D eigenvalue weighted by Gasteiger charge is -2.37. The third-order valence-electron chi connectivity index (χ3n) is 6.56. The van der Waals surface area contributed by atoms with E-state index in [1.807, 2.05) is 24.3 Å². The van der Waals surface area contributed by atoms with Crippen molar-refractivity contribution in [3.8, 4) is 11.1 Å². The highest BCUT2D eigenvalue weighted by atomic mass is 32.1. The molecule has 180 valence electrons. The van der Waals surface area contributed by atoms with Crippen LogP contribution in [0.3, 0.4) is 0 Å². The van der Waals surface area contributed by atoms with E-state index in [1.165, 1.54) is 27.4 Å². The van der Waals surface area contributed by atoms with Gasteiger partial charge in [-0.05, 0) is 35.6 Å². The molecule has 0 bridgehead atoms. The van der Waals surface area contributed by atoms with Crippen LogP contribution in [-0.2, 0) is 16.0 Å². The van der Waals surface area contributed by atoms with Gasteiger partial charge >= 0.3 is 12.1 Å². The van der Waals surface area contributed by atoms with Gasteiger partial charge in [0.2, 0.25) is 0 Å². The number of carboxylic acids is 1. The Hall–Kier alpha value is -3.72. The number of rotatable bonds is 7. The van der Waals surface area contributed by atoms with E-state index in [9.17, 15) is 19.5 Å². The summed E-state index contributed by atoms with van der Waals surface area (Å²) in [6.07, 6.45) is 0.410. The van der Waals surface area contributed by atoms with Crippen molar-refractivity contribution in [2.75, 3.05) is 19.7 Å². The molecule has 5 rings (SSSR count). The molecule has 2 N–H and O–H groups in total. The molecule has 0 saturated carbocycles. The maximum Gasteiger partial charge on any atom is 0.407 e. The normalized spacial score (nSPS) is 16.3. The number of hydrogen-bond donors (Lipinski definition) is 2. The molecule has 3 aromatic rings. The molecule has 2 amide bonds. The van der Waals surface area contributed by atoms with Crippen LogP contribution in [0.5, 0.6) is 0 Å². The number of carbonyl (C=O) groups is 3. The van der Waals surface area contributed by atoms with Gasteiger partial charge < -0.3 is 20.1 Å². The second kappa shape index (κ2) is 9.50. The van der Waals surface area contributed by atoms with Crippen LogP contribution in [-0.4, -0.2) is 58.7 Å². The van der Waals surface area contributed by atoms with Crippen LogP contribution < -0.4 is 5.32 Å². The van der Waals surface area contributed by atoms with E-state index in [2.05, 4.69) is 34.6 Å². The van der Waals surface area contributed by atoms with Crippen molar-refractivity contribution < 1.29 is 24.2 Å². The Kier molecular flexibility index (Phi) is 6.25. The summed E-state index contributed by atoms with van der Waals surface area (Å²) in [4.78, 5) is 42.7. The smallest absolute Gasteiger partial charge is 0.407 e. The van der Waals surface area contributed by atoms with Gasteiger partial charge in [-0.3, -0.25) is 4.79 Å². The molecule has 0 spiro atoms. The number of alkyl carbamates (subject to hydrolysis) is 1. The van der Waals surface area contributed by atoms with Gasteiger partial charge in [0.15, 0.2) is 0 Å². The predicted molar refractivity (Wildman–Crippen MR) is 131 cm³/mol. The highest BCUT2D eigenvalue weighted by Crippen LogP contribution is 2.44. The SMILES string of the molecule is Cc1sc(CCNC(=O)OCC2c3ccccc3-c3ccccc32)nc1C(=O)N1CCC1C(=O)O. The average Bonchev–Trinajstić information content (AvgIpc) is 3.34. The van der Waals surface area contributed by atoms with Crippen molar-refractivity contribution in [1.29, 1.82) is 0 Å². The van der Waals surface area contributed by atoms with Gasteiger partial charge in [0.25, 0.3) is 5.91 Å². The second-order valence-corrected chi connectivity index (χ2v) is 9.94. The van der Waals surface area contributed by atoms with Crippen molar-refractivity contribution in [3.05, 3.63) is 75.2 Å². The van der Waals surface area contributed by atoms with Gasteiger partial charge in [0, 0.05) is 30.3 Å². The van der Waals surface area contributed by atoms with E-state index in [4.69, 9.17) is 4.74 Å². The molecule has 2 aliphatic rings. The van der Waals surface area contributed by atoms with Crippen LogP contribution >= 0.6 is 11.3 Å². The fourth-order valence-electron chi connectivity index (χ4n) is 4.70. The lowest BCUT2D eigenvalue weighted by atomic mass is 9.98. The van der Waals surface area contributed by atoms with Crippen molar-refractivity contribution in [3.63, 3.8) is 0 Å². The molecule has 1 atom stereocenters. The Morgan fingerprint density at radius 3 is 2.37 bits per heavy atom. The van der Waals surface area contributed by atoms with E-state index in [0.717, 1.165) is 16.0 Å². The Labute approximate surface area is 206 Å². The average molecular weight is 492 g/mol. The molecule has 1 saturated heterocycles. The predicted octanol–water partition coefficient (Wildman–Crippen LogP) is 3.83. The first-order valence-electron chi connectivity index (χ1n) is 11.5. The lowest BCUT2D eigenvalue weighted by Crippen LogP contribution is -2.55. The molecule has 2 heterocycles. The van der Waals surface area contributed by atoms with Crippen molar-refractivity contribution >= 4 is 29.3 Å². The number of likely N-dealkylation sites (tertiary alicyclic amines) is 1. The van der Waals surface area contributed by atoms with Gasteiger partial charge in [-0.1, -0.05) is 48.5 Å². The molecule has 35 heavy (non-hydrogen) atoms. The molecule has 8 nitrogen and oxygen atoms in total. The third-order valence-corrected chi connectivity index (χ3v) is 7.59. The minimum absolute atomic E-state index is 0.000494. The number of nitrogens with one attached hydrogen (secondary N) is 1. The van der Waals surface area contributed by atoms with Crippen molar-refractivity contribution in [1.82, 2.24) is 15.2 Å². The first-order chi connectivity index (χ1) is 16.9. The zero-order valence-electron chi connectivity index (χ0n) is 19.2. The number of benzene rings is 2. The number of aryl methyl sites for hydroxylation is 1. The summed E-state index contributed by atoms with van der Waals surface area (Å²) >= 11 is 1.38. The van der Waals surface area contributed by atoms with Crippen LogP contribution in [0, 0.1) is 6.92 Å². The summed E-state index contributed by atoms with van der Waals surface area (Å²) in [5.41, 5.74) is 4.95. The standard InChI is InChI=1S/C26H25N3O5S/c1-15-23(24(30)29-13-11-21(29)25(31)32)28-22(35-15)10-12-27-26(33)34-14-20-18-8-4-2-6-16(18)17-7-3-5-9-19(17)20/h2-9,20-21H,10-14H2,1H3,(H,27,33)(H,31,32). The van der Waals surface area contributed by atoms with Gasteiger partial charge in [-0.15, -0.1) is 11.3 Å². The fourth-order valence-corrected chi connectivity index (χ4v) is 5.62. The van der Waals surface area contributed by atoms with Crippen LogP contribution in [0.1, 0.15) is 43.8 Å². The molecular weight excluding hydrogens is 466 g/mol. The Bertz CT molecular complexity index is 1260. The number of ether oxygens (including phenoxy) is 1. The van der Waals surface area contributed by atoms with Crippen LogP contribution in [0.15, 0.2) is 48.5 Å². The summed E-state index contributed by atoms with van der Waals surface area (Å²) in [5.74, 6) is -1.35. The van der Waals surface area contributed by atoms with Crippen molar-refractivity contribution in [2.24, 2.45) is 0 Å². The van der Waals surface area contributed by atoms with E-state index in [1.54, 1.807) is 6.92 Å². The van der Waals surface area contributed by atoms with E-state index < -0.39 is 18.1 Å². The number of carboxylic acid groups (broad SMARTS) is 1. The Balaban J connectivity index is 1.14. The number of thiazole rings is 1. The summed E-state index contributed by atoms with van der Waals surface area (Å²) in [7, 11) is 0. The number of amides is 2. The summed E-state index contributed by atoms with van der Waals surface area (Å²) in [6.45, 7) is 2.78.